The summed E-state index contributed by atoms with van der Waals surface area (Å²) in [5, 5.41) is 0. The topological polar surface area (TPSA) is 9.23 Å². The molecule has 0 spiro atoms. The van der Waals surface area contributed by atoms with Crippen LogP contribution in [0.15, 0.2) is 0 Å². The summed E-state index contributed by atoms with van der Waals surface area (Å²) >= 11 is 0. The van der Waals surface area contributed by atoms with Crippen molar-refractivity contribution >= 4 is 18.1 Å². The van der Waals surface area contributed by atoms with Crippen molar-refractivity contribution in [2.24, 2.45) is 0 Å². The molecule has 0 aromatic heterocycles. The predicted octanol–water partition coefficient (Wildman–Crippen LogP) is 0.967. The second-order valence-corrected chi connectivity index (χ2v) is 6.37. The van der Waals surface area contributed by atoms with Crippen LogP contribution in [-0.4, -0.2) is 18.1 Å². The average Bonchev–Trinajstić information content (AvgIpc) is 1.27. The molecule has 0 unspecified atom stereocenters. The second kappa shape index (κ2) is 6.21. The fraction of sp³-hybridized carbons (Fsp3) is 1.00. The van der Waals surface area contributed by atoms with E-state index in [0.29, 0.717) is 0 Å². The van der Waals surface area contributed by atoms with Gasteiger partial charge in [-0.25, -0.2) is 0 Å². The van der Waals surface area contributed by atoms with Crippen molar-refractivity contribution in [3.8, 4) is 0 Å². The van der Waals surface area contributed by atoms with Gasteiger partial charge in [0.1, 0.15) is 0 Å². The normalized spacial score (nSPS) is 9.75. The first-order valence-electron chi connectivity index (χ1n) is 2.41. The molecule has 0 fully saturated rings. The summed E-state index contributed by atoms with van der Waals surface area (Å²) in [6.45, 7) is 8.68. The molecule has 1 nitrogen and oxygen atoms in total. The van der Waals surface area contributed by atoms with E-state index < -0.39 is 0 Å². The molecule has 54 valence electrons. The molecule has 0 heterocycles. The first kappa shape index (κ1) is 11.8. The third kappa shape index (κ3) is 10.1. The van der Waals surface area contributed by atoms with Gasteiger partial charge in [0.25, 0.3) is 0 Å². The summed E-state index contributed by atoms with van der Waals surface area (Å²) in [6.07, 6.45) is 0. The number of rotatable bonds is 2. The third-order valence-electron chi connectivity index (χ3n) is 0.408. The van der Waals surface area contributed by atoms with Crippen LogP contribution < -0.4 is 0 Å². The quantitative estimate of drug-likeness (QED) is 0.686. The Labute approximate surface area is 69.5 Å². The van der Waals surface area contributed by atoms with E-state index in [1.165, 1.54) is 0 Å². The van der Waals surface area contributed by atoms with Gasteiger partial charge in [0.05, 0.1) is 0 Å². The van der Waals surface area contributed by atoms with Gasteiger partial charge >= 0.3 is 21.1 Å². The van der Waals surface area contributed by atoms with Crippen LogP contribution in [0.1, 0.15) is 0 Å². The molecule has 0 saturated carbocycles. The van der Waals surface area contributed by atoms with Gasteiger partial charge in [-0.2, -0.15) is 0 Å². The van der Waals surface area contributed by atoms with Crippen molar-refractivity contribution < 1.29 is 25.2 Å². The average molecular weight is 329 g/mol. The second-order valence-electron chi connectivity index (χ2n) is 1.92. The Kier molecular flexibility index (Phi) is 9.18. The molecule has 0 aliphatic rings. The Morgan fingerprint density at radius 1 is 0.875 bits per heavy atom. The summed E-state index contributed by atoms with van der Waals surface area (Å²) < 4.78 is 5.45. The SMILES string of the molecule is C[Si](C)O[Si](C)C.[PtH2]. The van der Waals surface area contributed by atoms with Gasteiger partial charge in [-0.1, -0.05) is 0 Å². The fourth-order valence-corrected chi connectivity index (χ4v) is 3.67. The van der Waals surface area contributed by atoms with Crippen LogP contribution in [0.2, 0.25) is 26.2 Å². The minimum absolute atomic E-state index is 0. The van der Waals surface area contributed by atoms with Gasteiger partial charge in [-0.15, -0.1) is 0 Å². The van der Waals surface area contributed by atoms with Gasteiger partial charge in [0.2, 0.25) is 0 Å². The van der Waals surface area contributed by atoms with Crippen LogP contribution >= 0.6 is 0 Å². The number of hydrogen-bond acceptors (Lipinski definition) is 1. The zero-order valence-corrected chi connectivity index (χ0v) is 10.3. The Bertz CT molecular complexity index is 43.3. The molecule has 0 N–H and O–H groups in total. The van der Waals surface area contributed by atoms with E-state index in [1.54, 1.807) is 0 Å². The molecule has 8 heavy (non-hydrogen) atoms. The summed E-state index contributed by atoms with van der Waals surface area (Å²) in [5.74, 6) is 0. The Balaban J connectivity index is 0. The van der Waals surface area contributed by atoms with E-state index in [9.17, 15) is 0 Å². The molecule has 0 aliphatic carbocycles. The molecule has 0 bridgehead atoms. The first-order valence-corrected chi connectivity index (χ1v) is 7.22. The Morgan fingerprint density at radius 2 is 1.12 bits per heavy atom. The van der Waals surface area contributed by atoms with Crippen molar-refractivity contribution in [3.05, 3.63) is 0 Å². The summed E-state index contributed by atoms with van der Waals surface area (Å²) in [7, 11) is -0.778. The molecule has 0 aromatic carbocycles. The summed E-state index contributed by atoms with van der Waals surface area (Å²) in [5.41, 5.74) is 0. The zero-order valence-electron chi connectivity index (χ0n) is 5.76. The Morgan fingerprint density at radius 3 is 1.12 bits per heavy atom. The maximum atomic E-state index is 5.45. The van der Waals surface area contributed by atoms with Crippen molar-refractivity contribution in [3.63, 3.8) is 0 Å². The fourth-order valence-electron chi connectivity index (χ4n) is 0.408. The van der Waals surface area contributed by atoms with Gasteiger partial charge < -0.3 is 4.12 Å². The summed E-state index contributed by atoms with van der Waals surface area (Å²) in [4.78, 5) is 0. The van der Waals surface area contributed by atoms with Crippen LogP contribution in [0.25, 0.3) is 0 Å². The maximum absolute atomic E-state index is 5.45. The van der Waals surface area contributed by atoms with Crippen LogP contribution in [0, 0.1) is 0 Å². The van der Waals surface area contributed by atoms with E-state index in [-0.39, 0.29) is 39.1 Å². The molecule has 0 atom stereocenters. The predicted molar refractivity (Wildman–Crippen MR) is 38.8 cm³/mol. The van der Waals surface area contributed by atoms with Crippen molar-refractivity contribution in [1.29, 1.82) is 0 Å². The van der Waals surface area contributed by atoms with Gasteiger partial charge in [0, 0.05) is 0 Å². The standard InChI is InChI=1S/C4H12OSi2.Pt.2H/c1-6(2)5-7(3)4;;;/h1-4H3;;;. The molecule has 0 rings (SSSR count). The van der Waals surface area contributed by atoms with E-state index in [0.717, 1.165) is 0 Å². The van der Waals surface area contributed by atoms with Crippen molar-refractivity contribution in [2.45, 2.75) is 26.2 Å². The van der Waals surface area contributed by atoms with Crippen LogP contribution in [0.3, 0.4) is 0 Å². The molecule has 2 radical (unpaired) electrons. The first-order chi connectivity index (χ1) is 3.13. The van der Waals surface area contributed by atoms with E-state index in [1.807, 2.05) is 0 Å². The number of hydrogen-bond donors (Lipinski definition) is 0. The molecular formula is C4H14OPtSi2. The molecular weight excluding hydrogens is 315 g/mol. The summed E-state index contributed by atoms with van der Waals surface area (Å²) in [6, 6.07) is 0. The molecule has 0 aromatic rings. The van der Waals surface area contributed by atoms with Crippen molar-refractivity contribution in [2.75, 3.05) is 0 Å². The van der Waals surface area contributed by atoms with E-state index in [4.69, 9.17) is 4.12 Å². The molecule has 0 amide bonds. The van der Waals surface area contributed by atoms with Gasteiger partial charge in [0.15, 0.2) is 18.1 Å². The zero-order chi connectivity index (χ0) is 5.86. The Hall–Kier alpha value is 1.08. The van der Waals surface area contributed by atoms with Crippen LogP contribution in [0.4, 0.5) is 0 Å². The molecule has 4 heteroatoms. The third-order valence-corrected chi connectivity index (χ3v) is 3.67. The van der Waals surface area contributed by atoms with Gasteiger partial charge in [-0.3, -0.25) is 0 Å². The molecule has 0 aliphatic heterocycles. The molecule has 0 saturated heterocycles. The van der Waals surface area contributed by atoms with E-state index >= 15 is 0 Å². The monoisotopic (exact) mass is 329 g/mol. The van der Waals surface area contributed by atoms with Crippen LogP contribution in [-0.2, 0) is 25.2 Å². The van der Waals surface area contributed by atoms with Crippen molar-refractivity contribution in [1.82, 2.24) is 0 Å². The minimum atomic E-state index is -0.389. The van der Waals surface area contributed by atoms with E-state index in [2.05, 4.69) is 26.2 Å². The van der Waals surface area contributed by atoms with Crippen LogP contribution in [0.5, 0.6) is 0 Å². The van der Waals surface area contributed by atoms with Gasteiger partial charge in [-0.05, 0) is 26.2 Å².